The third-order valence-corrected chi connectivity index (χ3v) is 3.40. The zero-order valence-electron chi connectivity index (χ0n) is 10.7. The molecule has 1 aliphatic rings. The number of hydrogen-bond acceptors (Lipinski definition) is 3. The maximum atomic E-state index is 11.0. The number of carbonyl (C=O) groups is 1. The molecule has 1 aromatic rings. The predicted octanol–water partition coefficient (Wildman–Crippen LogP) is 2.81. The molecule has 0 amide bonds. The summed E-state index contributed by atoms with van der Waals surface area (Å²) >= 11 is 0. The third kappa shape index (κ3) is 2.58. The molecule has 1 N–H and O–H groups in total. The lowest BCUT2D eigenvalue weighted by atomic mass is 9.96. The van der Waals surface area contributed by atoms with Gasteiger partial charge in [0.1, 0.15) is 0 Å². The second-order valence-corrected chi connectivity index (χ2v) is 4.64. The molecule has 1 aromatic carbocycles. The fourth-order valence-corrected chi connectivity index (χ4v) is 1.87. The summed E-state index contributed by atoms with van der Waals surface area (Å²) in [5.41, 5.74) is 0.734. The lowest BCUT2D eigenvalue weighted by Crippen LogP contribution is -2.24. The maximum Gasteiger partial charge on any atom is 0.310 e. The third-order valence-electron chi connectivity index (χ3n) is 3.40. The van der Waals surface area contributed by atoms with Crippen LogP contribution in [-0.2, 0) is 4.79 Å². The standard InChI is InChI=1S/C14H18O4/c1-9(14(15)16)10-6-7-12(17-2)13(8-10)18-11-4-3-5-11/h6-9,11H,3-5H2,1-2H3,(H,15,16). The van der Waals surface area contributed by atoms with Gasteiger partial charge in [-0.2, -0.15) is 0 Å². The van der Waals surface area contributed by atoms with Gasteiger partial charge < -0.3 is 14.6 Å². The van der Waals surface area contributed by atoms with Crippen LogP contribution in [0.5, 0.6) is 11.5 Å². The maximum absolute atomic E-state index is 11.0. The number of carboxylic acids is 1. The predicted molar refractivity (Wildman–Crippen MR) is 67.3 cm³/mol. The molecule has 0 heterocycles. The smallest absolute Gasteiger partial charge is 0.310 e. The SMILES string of the molecule is COc1ccc(C(C)C(=O)O)cc1OC1CCC1. The molecule has 1 atom stereocenters. The second-order valence-electron chi connectivity index (χ2n) is 4.64. The number of aliphatic carboxylic acids is 1. The first-order valence-corrected chi connectivity index (χ1v) is 6.19. The summed E-state index contributed by atoms with van der Waals surface area (Å²) in [5, 5.41) is 9.02. The molecule has 0 bridgehead atoms. The molecular weight excluding hydrogens is 232 g/mol. The summed E-state index contributed by atoms with van der Waals surface area (Å²) in [5.74, 6) is -0.0783. The summed E-state index contributed by atoms with van der Waals surface area (Å²) in [6.45, 7) is 1.66. The van der Waals surface area contributed by atoms with E-state index in [1.54, 1.807) is 32.2 Å². The molecule has 4 nitrogen and oxygen atoms in total. The van der Waals surface area contributed by atoms with E-state index in [-0.39, 0.29) is 6.10 Å². The molecule has 98 valence electrons. The van der Waals surface area contributed by atoms with Crippen molar-refractivity contribution in [1.29, 1.82) is 0 Å². The second kappa shape index (κ2) is 5.29. The zero-order chi connectivity index (χ0) is 13.1. The fraction of sp³-hybridized carbons (Fsp3) is 0.500. The van der Waals surface area contributed by atoms with Gasteiger partial charge >= 0.3 is 5.97 Å². The van der Waals surface area contributed by atoms with Gasteiger partial charge in [-0.3, -0.25) is 4.79 Å². The number of hydrogen-bond donors (Lipinski definition) is 1. The minimum atomic E-state index is -0.838. The van der Waals surface area contributed by atoms with E-state index in [0.29, 0.717) is 11.5 Å². The average molecular weight is 250 g/mol. The lowest BCUT2D eigenvalue weighted by Gasteiger charge is -2.27. The normalized spacial score (nSPS) is 16.8. The van der Waals surface area contributed by atoms with E-state index in [0.717, 1.165) is 18.4 Å². The van der Waals surface area contributed by atoms with Crippen LogP contribution in [0.1, 0.15) is 37.7 Å². The van der Waals surface area contributed by atoms with E-state index in [2.05, 4.69) is 0 Å². The summed E-state index contributed by atoms with van der Waals surface area (Å²) < 4.78 is 11.1. The summed E-state index contributed by atoms with van der Waals surface area (Å²) in [6.07, 6.45) is 3.55. The number of carboxylic acid groups (broad SMARTS) is 1. The van der Waals surface area contributed by atoms with Crippen molar-refractivity contribution in [3.63, 3.8) is 0 Å². The minimum absolute atomic E-state index is 0.245. The van der Waals surface area contributed by atoms with Gasteiger partial charge in [-0.1, -0.05) is 6.07 Å². The largest absolute Gasteiger partial charge is 0.493 e. The van der Waals surface area contributed by atoms with Crippen molar-refractivity contribution in [2.75, 3.05) is 7.11 Å². The van der Waals surface area contributed by atoms with Crippen molar-refractivity contribution in [2.24, 2.45) is 0 Å². The van der Waals surface area contributed by atoms with E-state index < -0.39 is 11.9 Å². The topological polar surface area (TPSA) is 55.8 Å². The highest BCUT2D eigenvalue weighted by Gasteiger charge is 2.22. The molecule has 0 spiro atoms. The first-order chi connectivity index (χ1) is 8.61. The molecule has 1 saturated carbocycles. The quantitative estimate of drug-likeness (QED) is 0.873. The molecule has 0 saturated heterocycles. The molecular formula is C14H18O4. The fourth-order valence-electron chi connectivity index (χ4n) is 1.87. The van der Waals surface area contributed by atoms with Gasteiger partial charge in [-0.05, 0) is 43.9 Å². The van der Waals surface area contributed by atoms with Gasteiger partial charge in [0.25, 0.3) is 0 Å². The van der Waals surface area contributed by atoms with Gasteiger partial charge in [-0.25, -0.2) is 0 Å². The number of ether oxygens (including phenoxy) is 2. The highest BCUT2D eigenvalue weighted by Crippen LogP contribution is 2.34. The Hall–Kier alpha value is -1.71. The van der Waals surface area contributed by atoms with Crippen molar-refractivity contribution >= 4 is 5.97 Å². The van der Waals surface area contributed by atoms with Crippen LogP contribution >= 0.6 is 0 Å². The Morgan fingerprint density at radius 2 is 2.11 bits per heavy atom. The highest BCUT2D eigenvalue weighted by atomic mass is 16.5. The Morgan fingerprint density at radius 1 is 1.39 bits per heavy atom. The van der Waals surface area contributed by atoms with E-state index in [9.17, 15) is 4.79 Å². The number of benzene rings is 1. The molecule has 0 aromatic heterocycles. The molecule has 0 radical (unpaired) electrons. The molecule has 1 unspecified atom stereocenters. The van der Waals surface area contributed by atoms with Gasteiger partial charge in [0.15, 0.2) is 11.5 Å². The average Bonchev–Trinajstić information content (AvgIpc) is 2.32. The van der Waals surface area contributed by atoms with Crippen LogP contribution in [0.3, 0.4) is 0 Å². The first kappa shape index (κ1) is 12.7. The van der Waals surface area contributed by atoms with Gasteiger partial charge in [-0.15, -0.1) is 0 Å². The summed E-state index contributed by atoms with van der Waals surface area (Å²) in [6, 6.07) is 5.31. The molecule has 18 heavy (non-hydrogen) atoms. The molecule has 1 fully saturated rings. The van der Waals surface area contributed by atoms with Crippen LogP contribution < -0.4 is 9.47 Å². The Labute approximate surface area is 107 Å². The van der Waals surface area contributed by atoms with Crippen molar-refractivity contribution in [2.45, 2.75) is 38.2 Å². The van der Waals surface area contributed by atoms with Crippen LogP contribution in [0.15, 0.2) is 18.2 Å². The number of methoxy groups -OCH3 is 1. The van der Waals surface area contributed by atoms with Gasteiger partial charge in [0, 0.05) is 0 Å². The van der Waals surface area contributed by atoms with Crippen LogP contribution in [0.25, 0.3) is 0 Å². The number of rotatable bonds is 5. The highest BCUT2D eigenvalue weighted by molar-refractivity contribution is 5.75. The molecule has 4 heteroatoms. The minimum Gasteiger partial charge on any atom is -0.493 e. The van der Waals surface area contributed by atoms with Crippen molar-refractivity contribution in [1.82, 2.24) is 0 Å². The van der Waals surface area contributed by atoms with Crippen LogP contribution in [0, 0.1) is 0 Å². The molecule has 0 aliphatic heterocycles. The Morgan fingerprint density at radius 3 is 2.61 bits per heavy atom. The monoisotopic (exact) mass is 250 g/mol. The Balaban J connectivity index is 2.23. The van der Waals surface area contributed by atoms with E-state index in [1.807, 2.05) is 0 Å². The zero-order valence-corrected chi connectivity index (χ0v) is 10.7. The van der Waals surface area contributed by atoms with E-state index in [1.165, 1.54) is 6.42 Å². The van der Waals surface area contributed by atoms with Crippen LogP contribution in [0.4, 0.5) is 0 Å². The van der Waals surface area contributed by atoms with Crippen molar-refractivity contribution in [3.05, 3.63) is 23.8 Å². The van der Waals surface area contributed by atoms with Gasteiger partial charge in [0.2, 0.25) is 0 Å². The summed E-state index contributed by atoms with van der Waals surface area (Å²) in [4.78, 5) is 11.0. The Kier molecular flexibility index (Phi) is 3.75. The van der Waals surface area contributed by atoms with Crippen molar-refractivity contribution in [3.8, 4) is 11.5 Å². The first-order valence-electron chi connectivity index (χ1n) is 6.19. The summed E-state index contributed by atoms with van der Waals surface area (Å²) in [7, 11) is 1.59. The lowest BCUT2D eigenvalue weighted by molar-refractivity contribution is -0.138. The Bertz CT molecular complexity index is 437. The van der Waals surface area contributed by atoms with Crippen LogP contribution in [0.2, 0.25) is 0 Å². The van der Waals surface area contributed by atoms with E-state index >= 15 is 0 Å². The van der Waals surface area contributed by atoms with Gasteiger partial charge in [0.05, 0.1) is 19.1 Å². The molecule has 2 rings (SSSR count). The van der Waals surface area contributed by atoms with E-state index in [4.69, 9.17) is 14.6 Å². The van der Waals surface area contributed by atoms with Crippen molar-refractivity contribution < 1.29 is 19.4 Å². The molecule has 1 aliphatic carbocycles. The van der Waals surface area contributed by atoms with Crippen LogP contribution in [-0.4, -0.2) is 24.3 Å².